The Hall–Kier alpha value is -2.95. The van der Waals surface area contributed by atoms with Gasteiger partial charge in [-0.2, -0.15) is 0 Å². The Labute approximate surface area is 232 Å². The first-order chi connectivity index (χ1) is 18.0. The molecule has 3 atom stereocenters. The number of carbonyl (C=O) groups is 3. The normalized spacial score (nSPS) is 23.6. The van der Waals surface area contributed by atoms with Gasteiger partial charge in [0.25, 0.3) is 0 Å². The van der Waals surface area contributed by atoms with Gasteiger partial charge in [0.1, 0.15) is 11.5 Å². The molecule has 2 aliphatic carbocycles. The summed E-state index contributed by atoms with van der Waals surface area (Å²) in [6.07, 6.45) is 4.32. The van der Waals surface area contributed by atoms with Crippen molar-refractivity contribution in [1.29, 1.82) is 0 Å². The number of ketones is 2. The maximum absolute atomic E-state index is 13.7. The van der Waals surface area contributed by atoms with Gasteiger partial charge in [-0.25, -0.2) is 0 Å². The minimum absolute atomic E-state index is 0. The molecule has 1 saturated carbocycles. The van der Waals surface area contributed by atoms with Gasteiger partial charge in [0, 0.05) is 34.8 Å². The first-order valence-electron chi connectivity index (χ1n) is 13.7. The zero-order valence-corrected chi connectivity index (χ0v) is 23.2. The van der Waals surface area contributed by atoms with Gasteiger partial charge in [-0.15, -0.1) is 0 Å². The molecule has 4 rings (SSSR count). The number of Topliss-reactive ketones (excluding diaryl/α,β-unsaturated/α-hetero) is 2. The number of likely N-dealkylation sites (tertiary alicyclic amines) is 1. The molecule has 1 heterocycles. The smallest absolute Gasteiger partial charge is 0.224 e. The minimum atomic E-state index is -1.15. The SMILES string of the molecule is CN1CCC(CCc2cc(N(C)C)c3c(c2O)C(O)=C2C(=O)C(C(=O)CC(N)=O)C(CCO)CC2C3)CC1.O.[HH].[HH]. The third-order valence-corrected chi connectivity index (χ3v) is 8.76. The second-order valence-corrected chi connectivity index (χ2v) is 11.6. The quantitative estimate of drug-likeness (QED) is 0.337. The highest BCUT2D eigenvalue weighted by atomic mass is 16.3. The van der Waals surface area contributed by atoms with Crippen molar-refractivity contribution in [2.45, 2.75) is 51.4 Å². The summed E-state index contributed by atoms with van der Waals surface area (Å²) >= 11 is 0. The molecule has 1 aromatic rings. The summed E-state index contributed by atoms with van der Waals surface area (Å²) in [6, 6.07) is 2.00. The molecule has 1 amide bonds. The predicted octanol–water partition coefficient (Wildman–Crippen LogP) is 1.87. The average Bonchev–Trinajstić information content (AvgIpc) is 2.83. The lowest BCUT2D eigenvalue weighted by molar-refractivity contribution is -0.137. The average molecular weight is 550 g/mol. The maximum atomic E-state index is 13.7. The van der Waals surface area contributed by atoms with E-state index in [2.05, 4.69) is 11.9 Å². The summed E-state index contributed by atoms with van der Waals surface area (Å²) in [5, 5.41) is 32.5. The molecule has 10 nitrogen and oxygen atoms in total. The summed E-state index contributed by atoms with van der Waals surface area (Å²) in [7, 11) is 5.97. The molecule has 39 heavy (non-hydrogen) atoms. The van der Waals surface area contributed by atoms with Crippen LogP contribution < -0.4 is 10.6 Å². The van der Waals surface area contributed by atoms with Gasteiger partial charge >= 0.3 is 0 Å². The van der Waals surface area contributed by atoms with Gasteiger partial charge < -0.3 is 36.3 Å². The van der Waals surface area contributed by atoms with Crippen LogP contribution in [-0.4, -0.2) is 84.0 Å². The molecule has 0 spiro atoms. The van der Waals surface area contributed by atoms with Crippen LogP contribution in [0.4, 0.5) is 5.69 Å². The fraction of sp³-hybridized carbons (Fsp3) is 0.621. The molecular formula is C29H47N3O7. The van der Waals surface area contributed by atoms with E-state index in [1.807, 2.05) is 25.1 Å². The second-order valence-electron chi connectivity index (χ2n) is 11.6. The first-order valence-corrected chi connectivity index (χ1v) is 13.7. The van der Waals surface area contributed by atoms with Gasteiger partial charge in [-0.05, 0) is 100 Å². The number of nitrogens with two attached hydrogens (primary N) is 1. The standard InChI is InChI=1S/C29H41N3O6.H2O.2H2/c1-31(2)21-14-18(5-4-16-6-9-32(3)10-7-16)27(36)26-20(21)13-19-12-17(8-11-33)24(22(34)15-23(30)35)28(37)25(19)29(26)38;;;/h14,16-17,19,24,33,36,38H,4-13,15H2,1-3H3,(H2,30,35);1H2;2*1H. The van der Waals surface area contributed by atoms with E-state index in [9.17, 15) is 29.7 Å². The van der Waals surface area contributed by atoms with Gasteiger partial charge in [-0.3, -0.25) is 14.4 Å². The largest absolute Gasteiger partial charge is 0.507 e. The zero-order chi connectivity index (χ0) is 27.7. The molecule has 3 aliphatic rings. The highest BCUT2D eigenvalue weighted by Gasteiger charge is 2.48. The van der Waals surface area contributed by atoms with Crippen LogP contribution in [0.25, 0.3) is 5.76 Å². The van der Waals surface area contributed by atoms with E-state index in [1.165, 1.54) is 0 Å². The van der Waals surface area contributed by atoms with E-state index in [-0.39, 0.29) is 49.9 Å². The number of aliphatic hydroxyl groups is 2. The third kappa shape index (κ3) is 6.13. The molecule has 0 aromatic heterocycles. The van der Waals surface area contributed by atoms with Crippen molar-refractivity contribution >= 4 is 28.9 Å². The van der Waals surface area contributed by atoms with E-state index in [1.54, 1.807) is 0 Å². The highest BCUT2D eigenvalue weighted by Crippen LogP contribution is 2.50. The molecule has 1 aliphatic heterocycles. The number of phenols is 1. The number of aryl methyl sites for hydroxylation is 1. The van der Waals surface area contributed by atoms with Crippen LogP contribution in [0.2, 0.25) is 0 Å². The Bertz CT molecular complexity index is 1150. The number of hydrogen-bond donors (Lipinski definition) is 4. The predicted molar refractivity (Wildman–Crippen MR) is 153 cm³/mol. The number of piperidine rings is 1. The molecule has 1 saturated heterocycles. The summed E-state index contributed by atoms with van der Waals surface area (Å²) in [6.45, 7) is 1.93. The molecule has 3 unspecified atom stereocenters. The van der Waals surface area contributed by atoms with Crippen molar-refractivity contribution in [1.82, 2.24) is 4.90 Å². The number of aromatic hydroxyl groups is 1. The van der Waals surface area contributed by atoms with Crippen LogP contribution in [0.5, 0.6) is 5.75 Å². The number of rotatable bonds is 9. The van der Waals surface area contributed by atoms with E-state index in [0.717, 1.165) is 49.2 Å². The lowest BCUT2D eigenvalue weighted by atomic mass is 9.63. The maximum Gasteiger partial charge on any atom is 0.224 e. The van der Waals surface area contributed by atoms with Gasteiger partial charge in [0.15, 0.2) is 11.6 Å². The lowest BCUT2D eigenvalue weighted by Crippen LogP contribution is -2.43. The summed E-state index contributed by atoms with van der Waals surface area (Å²) in [5.74, 6) is -3.60. The lowest BCUT2D eigenvalue weighted by Gasteiger charge is -2.40. The Morgan fingerprint density at radius 1 is 1.18 bits per heavy atom. The molecule has 2 fully saturated rings. The number of benzene rings is 1. The summed E-state index contributed by atoms with van der Waals surface area (Å²) in [4.78, 5) is 42.3. The summed E-state index contributed by atoms with van der Waals surface area (Å²) < 4.78 is 0. The van der Waals surface area contributed by atoms with Crippen LogP contribution >= 0.6 is 0 Å². The minimum Gasteiger partial charge on any atom is -0.507 e. The van der Waals surface area contributed by atoms with Crippen LogP contribution in [0.3, 0.4) is 0 Å². The first kappa shape index (κ1) is 30.6. The second kappa shape index (κ2) is 12.5. The number of anilines is 1. The molecule has 1 aromatic carbocycles. The number of phenolic OH excluding ortho intramolecular Hbond substituents is 1. The number of carbonyl (C=O) groups excluding carboxylic acids is 3. The number of amides is 1. The van der Waals surface area contributed by atoms with E-state index in [4.69, 9.17) is 5.73 Å². The van der Waals surface area contributed by atoms with Gasteiger partial charge in [0.05, 0.1) is 17.9 Å². The van der Waals surface area contributed by atoms with E-state index >= 15 is 0 Å². The van der Waals surface area contributed by atoms with Crippen molar-refractivity contribution in [3.63, 3.8) is 0 Å². The highest BCUT2D eigenvalue weighted by molar-refractivity contribution is 6.17. The van der Waals surface area contributed by atoms with Crippen LogP contribution in [-0.2, 0) is 27.2 Å². The Kier molecular flexibility index (Phi) is 9.79. The Balaban J connectivity index is 0.00000280. The Morgan fingerprint density at radius 2 is 1.85 bits per heavy atom. The molecule has 10 heteroatoms. The summed E-state index contributed by atoms with van der Waals surface area (Å²) in [5.41, 5.74) is 8.05. The number of primary amides is 1. The molecule has 220 valence electrons. The van der Waals surface area contributed by atoms with Gasteiger partial charge in [-0.1, -0.05) is 0 Å². The van der Waals surface area contributed by atoms with Gasteiger partial charge in [0.2, 0.25) is 5.91 Å². The fourth-order valence-electron chi connectivity index (χ4n) is 6.73. The number of nitrogens with zero attached hydrogens (tertiary/aromatic N) is 2. The monoisotopic (exact) mass is 549 g/mol. The topological polar surface area (TPSA) is 176 Å². The zero-order valence-electron chi connectivity index (χ0n) is 23.2. The third-order valence-electron chi connectivity index (χ3n) is 8.76. The number of aliphatic hydroxyl groups excluding tert-OH is 2. The van der Waals surface area contributed by atoms with Crippen LogP contribution in [0.1, 0.15) is 58.1 Å². The molecule has 0 bridgehead atoms. The Morgan fingerprint density at radius 3 is 2.44 bits per heavy atom. The van der Waals surface area contributed by atoms with Crippen LogP contribution in [0.15, 0.2) is 11.6 Å². The van der Waals surface area contributed by atoms with Crippen molar-refractivity contribution < 1.29 is 38.0 Å². The molecule has 7 N–H and O–H groups in total. The number of hydrogen-bond acceptors (Lipinski definition) is 8. The van der Waals surface area contributed by atoms with Crippen molar-refractivity contribution in [2.75, 3.05) is 45.7 Å². The van der Waals surface area contributed by atoms with Crippen molar-refractivity contribution in [3.8, 4) is 5.75 Å². The van der Waals surface area contributed by atoms with E-state index < -0.39 is 35.7 Å². The number of allylic oxidation sites excluding steroid dienone is 1. The van der Waals surface area contributed by atoms with Crippen molar-refractivity contribution in [3.05, 3.63) is 28.3 Å². The van der Waals surface area contributed by atoms with Crippen molar-refractivity contribution in [2.24, 2.45) is 29.4 Å². The molecular weight excluding hydrogens is 502 g/mol. The van der Waals surface area contributed by atoms with Crippen LogP contribution in [0, 0.1) is 23.7 Å². The fourth-order valence-corrected chi connectivity index (χ4v) is 6.73. The molecule has 0 radical (unpaired) electrons. The number of fused-ring (bicyclic) bond motifs is 2. The van der Waals surface area contributed by atoms with E-state index in [0.29, 0.717) is 25.2 Å².